The van der Waals surface area contributed by atoms with Gasteiger partial charge in [-0.1, -0.05) is 0 Å². The van der Waals surface area contributed by atoms with Crippen molar-refractivity contribution in [2.24, 2.45) is 0 Å². The number of carboxylic acid groups (broad SMARTS) is 1. The summed E-state index contributed by atoms with van der Waals surface area (Å²) in [6.45, 7) is 0. The average molecular weight is 302 g/mol. The summed E-state index contributed by atoms with van der Waals surface area (Å²) in [6, 6.07) is 4.18. The van der Waals surface area contributed by atoms with Crippen LogP contribution in [0, 0.1) is 5.82 Å². The van der Waals surface area contributed by atoms with Crippen LogP contribution in [0.5, 0.6) is 0 Å². The van der Waals surface area contributed by atoms with Crippen molar-refractivity contribution in [2.45, 2.75) is 0 Å². The summed E-state index contributed by atoms with van der Waals surface area (Å²) in [6.07, 6.45) is 0. The summed E-state index contributed by atoms with van der Waals surface area (Å²) in [5, 5.41) is 10.7. The first kappa shape index (κ1) is 11.2. The van der Waals surface area contributed by atoms with Crippen LogP contribution in [0.3, 0.4) is 0 Å². The molecule has 1 N–H and O–H groups in total. The lowest BCUT2D eigenvalue weighted by atomic mass is 10.2. The van der Waals surface area contributed by atoms with Crippen LogP contribution in [-0.4, -0.2) is 16.1 Å². The minimum atomic E-state index is -1.07. The Balaban J connectivity index is 2.46. The van der Waals surface area contributed by atoms with Gasteiger partial charge in [-0.2, -0.15) is 0 Å². The SMILES string of the molecule is O=C(O)c1csc(-c2ccc(F)cc2Br)n1. The van der Waals surface area contributed by atoms with Crippen molar-refractivity contribution in [1.29, 1.82) is 0 Å². The molecule has 0 radical (unpaired) electrons. The van der Waals surface area contributed by atoms with Crippen molar-refractivity contribution in [1.82, 2.24) is 4.98 Å². The number of aromatic nitrogens is 1. The first-order valence-electron chi connectivity index (χ1n) is 4.22. The van der Waals surface area contributed by atoms with Crippen LogP contribution in [-0.2, 0) is 0 Å². The molecule has 0 bridgehead atoms. The molecule has 0 atom stereocenters. The Hall–Kier alpha value is -1.27. The standard InChI is InChI=1S/C10H5BrFNO2S/c11-7-3-5(12)1-2-6(7)9-13-8(4-16-9)10(14)15/h1-4H,(H,14,15). The van der Waals surface area contributed by atoms with Crippen LogP contribution in [0.2, 0.25) is 0 Å². The van der Waals surface area contributed by atoms with Gasteiger partial charge in [0.1, 0.15) is 10.8 Å². The molecule has 0 saturated carbocycles. The van der Waals surface area contributed by atoms with Crippen molar-refractivity contribution in [3.63, 3.8) is 0 Å². The minimum absolute atomic E-state index is 0.00350. The Morgan fingerprint density at radius 3 is 2.81 bits per heavy atom. The largest absolute Gasteiger partial charge is 0.476 e. The summed E-state index contributed by atoms with van der Waals surface area (Å²) < 4.78 is 13.4. The van der Waals surface area contributed by atoms with Crippen molar-refractivity contribution in [2.75, 3.05) is 0 Å². The second-order valence-electron chi connectivity index (χ2n) is 2.97. The summed E-state index contributed by atoms with van der Waals surface area (Å²) in [4.78, 5) is 14.6. The Morgan fingerprint density at radius 2 is 2.25 bits per heavy atom. The maximum absolute atomic E-state index is 12.9. The Kier molecular flexibility index (Phi) is 3.02. The molecular formula is C10H5BrFNO2S. The van der Waals surface area contributed by atoms with Gasteiger partial charge < -0.3 is 5.11 Å². The maximum Gasteiger partial charge on any atom is 0.355 e. The number of nitrogens with zero attached hydrogens (tertiary/aromatic N) is 1. The van der Waals surface area contributed by atoms with E-state index in [9.17, 15) is 9.18 Å². The molecular weight excluding hydrogens is 297 g/mol. The Bertz CT molecular complexity index is 556. The summed E-state index contributed by atoms with van der Waals surface area (Å²) in [5.74, 6) is -1.42. The number of thiazole rings is 1. The molecule has 2 aromatic rings. The van der Waals surface area contributed by atoms with E-state index in [0.29, 0.717) is 15.0 Å². The molecule has 0 aliphatic carbocycles. The lowest BCUT2D eigenvalue weighted by Gasteiger charge is -1.99. The molecule has 16 heavy (non-hydrogen) atoms. The molecule has 6 heteroatoms. The van der Waals surface area contributed by atoms with E-state index < -0.39 is 5.97 Å². The number of benzene rings is 1. The number of aromatic carboxylic acids is 1. The van der Waals surface area contributed by atoms with Crippen molar-refractivity contribution < 1.29 is 14.3 Å². The van der Waals surface area contributed by atoms with E-state index >= 15 is 0 Å². The third-order valence-corrected chi connectivity index (χ3v) is 3.42. The molecule has 1 heterocycles. The van der Waals surface area contributed by atoms with Gasteiger partial charge in [0.05, 0.1) is 0 Å². The summed E-state index contributed by atoms with van der Waals surface area (Å²) >= 11 is 4.42. The maximum atomic E-state index is 12.9. The third-order valence-electron chi connectivity index (χ3n) is 1.88. The van der Waals surface area contributed by atoms with E-state index in [0.717, 1.165) is 0 Å². The Labute approximate surface area is 103 Å². The molecule has 2 rings (SSSR count). The zero-order chi connectivity index (χ0) is 11.7. The number of hydrogen-bond acceptors (Lipinski definition) is 3. The van der Waals surface area contributed by atoms with Crippen LogP contribution in [0.4, 0.5) is 4.39 Å². The number of hydrogen-bond donors (Lipinski definition) is 1. The van der Waals surface area contributed by atoms with Gasteiger partial charge in [0.25, 0.3) is 0 Å². The predicted molar refractivity (Wildman–Crippen MR) is 62.2 cm³/mol. The van der Waals surface area contributed by atoms with Gasteiger partial charge >= 0.3 is 5.97 Å². The second kappa shape index (κ2) is 4.31. The first-order chi connectivity index (χ1) is 7.58. The van der Waals surface area contributed by atoms with Crippen LogP contribution in [0.25, 0.3) is 10.6 Å². The highest BCUT2D eigenvalue weighted by molar-refractivity contribution is 9.10. The molecule has 82 valence electrons. The predicted octanol–water partition coefficient (Wildman–Crippen LogP) is 3.41. The molecule has 0 saturated heterocycles. The molecule has 0 spiro atoms. The second-order valence-corrected chi connectivity index (χ2v) is 4.68. The molecule has 0 amide bonds. The molecule has 0 aliphatic heterocycles. The van der Waals surface area contributed by atoms with Gasteiger partial charge in [-0.15, -0.1) is 11.3 Å². The molecule has 0 unspecified atom stereocenters. The quantitative estimate of drug-likeness (QED) is 0.925. The van der Waals surface area contributed by atoms with Gasteiger partial charge in [0, 0.05) is 15.4 Å². The highest BCUT2D eigenvalue weighted by Crippen LogP contribution is 2.31. The zero-order valence-electron chi connectivity index (χ0n) is 7.78. The van der Waals surface area contributed by atoms with Crippen molar-refractivity contribution in [3.8, 4) is 10.6 Å². The third kappa shape index (κ3) is 2.12. The number of halogens is 2. The van der Waals surface area contributed by atoms with Crippen molar-refractivity contribution in [3.05, 3.63) is 39.6 Å². The average Bonchev–Trinajstić information content (AvgIpc) is 2.66. The normalized spacial score (nSPS) is 10.4. The molecule has 1 aromatic carbocycles. The van der Waals surface area contributed by atoms with E-state index in [4.69, 9.17) is 5.11 Å². The topological polar surface area (TPSA) is 50.2 Å². The first-order valence-corrected chi connectivity index (χ1v) is 5.89. The van der Waals surface area contributed by atoms with E-state index in [-0.39, 0.29) is 11.5 Å². The lowest BCUT2D eigenvalue weighted by molar-refractivity contribution is 0.0691. The fraction of sp³-hybridized carbons (Fsp3) is 0. The van der Waals surface area contributed by atoms with E-state index in [1.165, 1.54) is 28.8 Å². The highest BCUT2D eigenvalue weighted by atomic mass is 79.9. The van der Waals surface area contributed by atoms with Crippen LogP contribution in [0.15, 0.2) is 28.1 Å². The molecule has 0 aliphatic rings. The van der Waals surface area contributed by atoms with Gasteiger partial charge in [-0.3, -0.25) is 0 Å². The highest BCUT2D eigenvalue weighted by Gasteiger charge is 2.12. The number of rotatable bonds is 2. The minimum Gasteiger partial charge on any atom is -0.476 e. The summed E-state index contributed by atoms with van der Waals surface area (Å²) in [5.41, 5.74) is 0.676. The molecule has 0 fully saturated rings. The fourth-order valence-corrected chi connectivity index (χ4v) is 2.66. The zero-order valence-corrected chi connectivity index (χ0v) is 10.2. The lowest BCUT2D eigenvalue weighted by Crippen LogP contribution is -1.95. The van der Waals surface area contributed by atoms with E-state index in [1.807, 2.05) is 0 Å². The molecule has 1 aromatic heterocycles. The fourth-order valence-electron chi connectivity index (χ4n) is 1.16. The van der Waals surface area contributed by atoms with Gasteiger partial charge in [0.2, 0.25) is 0 Å². The van der Waals surface area contributed by atoms with Crippen LogP contribution in [0.1, 0.15) is 10.5 Å². The Morgan fingerprint density at radius 1 is 1.50 bits per heavy atom. The number of carboxylic acids is 1. The van der Waals surface area contributed by atoms with E-state index in [2.05, 4.69) is 20.9 Å². The van der Waals surface area contributed by atoms with Crippen LogP contribution >= 0.6 is 27.3 Å². The van der Waals surface area contributed by atoms with Crippen molar-refractivity contribution >= 4 is 33.2 Å². The summed E-state index contributed by atoms with van der Waals surface area (Å²) in [7, 11) is 0. The monoisotopic (exact) mass is 301 g/mol. The van der Waals surface area contributed by atoms with Crippen LogP contribution < -0.4 is 0 Å². The van der Waals surface area contributed by atoms with Gasteiger partial charge in [-0.25, -0.2) is 14.2 Å². The van der Waals surface area contributed by atoms with Gasteiger partial charge in [-0.05, 0) is 34.1 Å². The molecule has 3 nitrogen and oxygen atoms in total. The van der Waals surface area contributed by atoms with E-state index in [1.54, 1.807) is 6.07 Å². The number of carbonyl (C=O) groups is 1. The van der Waals surface area contributed by atoms with Gasteiger partial charge in [0.15, 0.2) is 5.69 Å². The smallest absolute Gasteiger partial charge is 0.355 e.